The van der Waals surface area contributed by atoms with Gasteiger partial charge in [-0.25, -0.2) is 0 Å². The first-order valence-electron chi connectivity index (χ1n) is 6.12. The van der Waals surface area contributed by atoms with Crippen molar-refractivity contribution in [2.45, 2.75) is 32.9 Å². The lowest BCUT2D eigenvalue weighted by atomic mass is 10.00. The van der Waals surface area contributed by atoms with Crippen LogP contribution in [0.4, 0.5) is 0 Å². The number of nitrogens with one attached hydrogen (secondary N) is 1. The van der Waals surface area contributed by atoms with E-state index in [1.165, 1.54) is 11.1 Å². The van der Waals surface area contributed by atoms with Gasteiger partial charge in [-0.15, -0.1) is 0 Å². The Hall–Kier alpha value is -1.06. The normalized spacial score (nSPS) is 24.7. The Labute approximate surface area is 103 Å². The molecule has 1 fully saturated rings. The van der Waals surface area contributed by atoms with E-state index in [0.29, 0.717) is 6.04 Å². The number of rotatable bonds is 2. The average molecular weight is 235 g/mol. The van der Waals surface area contributed by atoms with Crippen LogP contribution in [0.15, 0.2) is 12.1 Å². The van der Waals surface area contributed by atoms with E-state index in [0.717, 1.165) is 24.5 Å². The molecule has 1 aromatic rings. The molecule has 0 saturated carbocycles. The first-order valence-corrected chi connectivity index (χ1v) is 6.12. The maximum atomic E-state index is 5.87. The van der Waals surface area contributed by atoms with Crippen LogP contribution in [0, 0.1) is 13.8 Å². The van der Waals surface area contributed by atoms with Crippen LogP contribution in [0.2, 0.25) is 0 Å². The highest BCUT2D eigenvalue weighted by Crippen LogP contribution is 2.31. The van der Waals surface area contributed by atoms with Crippen LogP contribution in [0.1, 0.15) is 29.7 Å². The summed E-state index contributed by atoms with van der Waals surface area (Å²) in [5, 5.41) is 3.44. The van der Waals surface area contributed by atoms with E-state index in [-0.39, 0.29) is 6.10 Å². The lowest BCUT2D eigenvalue weighted by Crippen LogP contribution is -2.40. The molecule has 2 atom stereocenters. The summed E-state index contributed by atoms with van der Waals surface area (Å²) in [7, 11) is 1.71. The minimum absolute atomic E-state index is 0.0976. The fourth-order valence-electron chi connectivity index (χ4n) is 2.13. The van der Waals surface area contributed by atoms with Gasteiger partial charge in [0, 0.05) is 18.2 Å². The standard InChI is InChI=1S/C14H21NO2/c1-9-5-12(13(16-4)6-10(9)2)14-7-15-11(3)8-17-14/h5-6,11,14-15H,7-8H2,1-4H3. The molecule has 2 unspecified atom stereocenters. The molecule has 1 aromatic carbocycles. The highest BCUT2D eigenvalue weighted by Gasteiger charge is 2.23. The van der Waals surface area contributed by atoms with Gasteiger partial charge in [0.15, 0.2) is 0 Å². The molecule has 1 heterocycles. The quantitative estimate of drug-likeness (QED) is 0.853. The van der Waals surface area contributed by atoms with Gasteiger partial charge in [-0.2, -0.15) is 0 Å². The summed E-state index contributed by atoms with van der Waals surface area (Å²) in [6, 6.07) is 4.70. The third kappa shape index (κ3) is 2.61. The molecule has 1 N–H and O–H groups in total. The monoisotopic (exact) mass is 235 g/mol. The average Bonchev–Trinajstić information content (AvgIpc) is 2.33. The summed E-state index contributed by atoms with van der Waals surface area (Å²) in [5.74, 6) is 0.925. The third-order valence-corrected chi connectivity index (χ3v) is 3.39. The second kappa shape index (κ2) is 5.07. The zero-order valence-electron chi connectivity index (χ0n) is 11.0. The number of aryl methyl sites for hydroxylation is 2. The predicted molar refractivity (Wildman–Crippen MR) is 68.6 cm³/mol. The van der Waals surface area contributed by atoms with Crippen LogP contribution in [0.3, 0.4) is 0 Å². The summed E-state index contributed by atoms with van der Waals surface area (Å²) < 4.78 is 11.3. The molecular formula is C14H21NO2. The van der Waals surface area contributed by atoms with Gasteiger partial charge >= 0.3 is 0 Å². The zero-order valence-corrected chi connectivity index (χ0v) is 11.0. The fourth-order valence-corrected chi connectivity index (χ4v) is 2.13. The van der Waals surface area contributed by atoms with Crippen molar-refractivity contribution in [1.29, 1.82) is 0 Å². The van der Waals surface area contributed by atoms with Crippen molar-refractivity contribution in [3.63, 3.8) is 0 Å². The van der Waals surface area contributed by atoms with Crippen molar-refractivity contribution >= 4 is 0 Å². The molecule has 0 aliphatic carbocycles. The summed E-state index contributed by atoms with van der Waals surface area (Å²) in [4.78, 5) is 0. The van der Waals surface area contributed by atoms with Crippen LogP contribution < -0.4 is 10.1 Å². The molecule has 0 amide bonds. The smallest absolute Gasteiger partial charge is 0.125 e. The summed E-state index contributed by atoms with van der Waals surface area (Å²) in [5.41, 5.74) is 3.68. The van der Waals surface area contributed by atoms with Gasteiger partial charge in [0.2, 0.25) is 0 Å². The zero-order chi connectivity index (χ0) is 12.4. The summed E-state index contributed by atoms with van der Waals surface area (Å²) in [6.07, 6.45) is 0.0976. The Bertz CT molecular complexity index is 395. The molecule has 0 radical (unpaired) electrons. The summed E-state index contributed by atoms with van der Waals surface area (Å²) in [6.45, 7) is 7.95. The molecular weight excluding hydrogens is 214 g/mol. The van der Waals surface area contributed by atoms with Crippen LogP contribution >= 0.6 is 0 Å². The summed E-state index contributed by atoms with van der Waals surface area (Å²) >= 11 is 0. The van der Waals surface area contributed by atoms with E-state index in [2.05, 4.69) is 38.2 Å². The van der Waals surface area contributed by atoms with E-state index >= 15 is 0 Å². The largest absolute Gasteiger partial charge is 0.496 e. The Kier molecular flexibility index (Phi) is 3.69. The van der Waals surface area contributed by atoms with Crippen molar-refractivity contribution < 1.29 is 9.47 Å². The topological polar surface area (TPSA) is 30.5 Å². The number of ether oxygens (including phenoxy) is 2. The van der Waals surface area contributed by atoms with E-state index in [9.17, 15) is 0 Å². The van der Waals surface area contributed by atoms with Gasteiger partial charge in [-0.1, -0.05) is 0 Å². The third-order valence-electron chi connectivity index (χ3n) is 3.39. The Morgan fingerprint density at radius 2 is 2.00 bits per heavy atom. The van der Waals surface area contributed by atoms with E-state index in [1.807, 2.05) is 0 Å². The molecule has 1 aliphatic heterocycles. The molecule has 2 rings (SSSR count). The Balaban J connectivity index is 2.27. The van der Waals surface area contributed by atoms with Gasteiger partial charge in [0.1, 0.15) is 5.75 Å². The van der Waals surface area contributed by atoms with Gasteiger partial charge in [0.25, 0.3) is 0 Å². The van der Waals surface area contributed by atoms with E-state index in [1.54, 1.807) is 7.11 Å². The van der Waals surface area contributed by atoms with E-state index in [4.69, 9.17) is 9.47 Å². The number of benzene rings is 1. The minimum atomic E-state index is 0.0976. The van der Waals surface area contributed by atoms with Crippen LogP contribution in [0.25, 0.3) is 0 Å². The molecule has 3 heteroatoms. The Morgan fingerprint density at radius 1 is 1.29 bits per heavy atom. The molecule has 3 nitrogen and oxygen atoms in total. The fraction of sp³-hybridized carbons (Fsp3) is 0.571. The van der Waals surface area contributed by atoms with Crippen molar-refractivity contribution in [2.75, 3.05) is 20.3 Å². The van der Waals surface area contributed by atoms with Gasteiger partial charge in [0.05, 0.1) is 19.8 Å². The van der Waals surface area contributed by atoms with Gasteiger partial charge in [-0.3, -0.25) is 0 Å². The second-order valence-corrected chi connectivity index (χ2v) is 4.81. The lowest BCUT2D eigenvalue weighted by Gasteiger charge is -2.29. The maximum Gasteiger partial charge on any atom is 0.125 e. The molecule has 1 aliphatic rings. The molecule has 0 aromatic heterocycles. The van der Waals surface area contributed by atoms with Crippen LogP contribution in [-0.2, 0) is 4.74 Å². The van der Waals surface area contributed by atoms with Crippen molar-refractivity contribution in [1.82, 2.24) is 5.32 Å². The minimum Gasteiger partial charge on any atom is -0.496 e. The molecule has 0 bridgehead atoms. The molecule has 0 spiro atoms. The number of hydrogen-bond acceptors (Lipinski definition) is 3. The predicted octanol–water partition coefficient (Wildman–Crippen LogP) is 2.36. The molecule has 1 saturated heterocycles. The Morgan fingerprint density at radius 3 is 2.59 bits per heavy atom. The van der Waals surface area contributed by atoms with Crippen LogP contribution in [0.5, 0.6) is 5.75 Å². The second-order valence-electron chi connectivity index (χ2n) is 4.81. The van der Waals surface area contributed by atoms with Crippen LogP contribution in [-0.4, -0.2) is 26.3 Å². The van der Waals surface area contributed by atoms with Crippen molar-refractivity contribution in [3.05, 3.63) is 28.8 Å². The SMILES string of the molecule is COc1cc(C)c(C)cc1C1CNC(C)CO1. The number of methoxy groups -OCH3 is 1. The highest BCUT2D eigenvalue weighted by atomic mass is 16.5. The lowest BCUT2D eigenvalue weighted by molar-refractivity contribution is 0.00569. The molecule has 94 valence electrons. The maximum absolute atomic E-state index is 5.87. The first kappa shape index (κ1) is 12.4. The van der Waals surface area contributed by atoms with Crippen molar-refractivity contribution in [3.8, 4) is 5.75 Å². The van der Waals surface area contributed by atoms with Gasteiger partial charge < -0.3 is 14.8 Å². The van der Waals surface area contributed by atoms with E-state index < -0.39 is 0 Å². The number of morpholine rings is 1. The van der Waals surface area contributed by atoms with Gasteiger partial charge in [-0.05, 0) is 44.0 Å². The number of hydrogen-bond donors (Lipinski definition) is 1. The van der Waals surface area contributed by atoms with Crippen molar-refractivity contribution in [2.24, 2.45) is 0 Å². The molecule has 17 heavy (non-hydrogen) atoms. The highest BCUT2D eigenvalue weighted by molar-refractivity contribution is 5.43. The first-order chi connectivity index (χ1) is 8.11.